The Morgan fingerprint density at radius 1 is 1.25 bits per heavy atom. The topological polar surface area (TPSA) is 73.1 Å². The molecule has 1 heterocycles. The third-order valence-corrected chi connectivity index (χ3v) is 4.80. The zero-order valence-electron chi connectivity index (χ0n) is 13.0. The van der Waals surface area contributed by atoms with Crippen LogP contribution in [0.2, 0.25) is 0 Å². The normalized spacial score (nSPS) is 18.2. The molecule has 2 aromatic rings. The van der Waals surface area contributed by atoms with Gasteiger partial charge in [-0.05, 0) is 52.4 Å². The molecule has 0 saturated carbocycles. The van der Waals surface area contributed by atoms with Crippen LogP contribution < -0.4 is 5.32 Å². The molecule has 0 bridgehead atoms. The molecular formula is C20H16N2O2. The Morgan fingerprint density at radius 3 is 2.75 bits per heavy atom. The summed E-state index contributed by atoms with van der Waals surface area (Å²) in [5, 5.41) is 21.5. The molecule has 4 heteroatoms. The molecule has 1 aliphatic carbocycles. The van der Waals surface area contributed by atoms with Crippen molar-refractivity contribution < 1.29 is 9.90 Å². The lowest BCUT2D eigenvalue weighted by molar-refractivity contribution is -0.118. The third-order valence-electron chi connectivity index (χ3n) is 4.80. The van der Waals surface area contributed by atoms with Crippen molar-refractivity contribution in [2.45, 2.75) is 18.9 Å². The maximum atomic E-state index is 12.2. The number of nitrogens with one attached hydrogen (secondary N) is 1. The number of nitriles is 1. The summed E-state index contributed by atoms with van der Waals surface area (Å²) < 4.78 is 0. The van der Waals surface area contributed by atoms with Gasteiger partial charge in [0.15, 0.2) is 0 Å². The van der Waals surface area contributed by atoms with E-state index < -0.39 is 0 Å². The second-order valence-corrected chi connectivity index (χ2v) is 6.19. The molecule has 1 saturated heterocycles. The molecule has 1 fully saturated rings. The van der Waals surface area contributed by atoms with Gasteiger partial charge in [-0.3, -0.25) is 4.79 Å². The molecule has 1 aliphatic heterocycles. The first-order valence-electron chi connectivity index (χ1n) is 7.99. The Bertz CT molecular complexity index is 904. The number of carbonyl (C=O) groups excluding carboxylic acids is 1. The van der Waals surface area contributed by atoms with Gasteiger partial charge in [-0.15, -0.1) is 0 Å². The molecule has 0 radical (unpaired) electrons. The lowest BCUT2D eigenvalue weighted by Gasteiger charge is -2.24. The molecule has 2 aromatic carbocycles. The molecule has 2 N–H and O–H groups in total. The van der Waals surface area contributed by atoms with Crippen LogP contribution in [0.4, 0.5) is 0 Å². The summed E-state index contributed by atoms with van der Waals surface area (Å²) in [5.41, 5.74) is 6.33. The van der Waals surface area contributed by atoms with Gasteiger partial charge in [0.25, 0.3) is 0 Å². The molecule has 1 unspecified atom stereocenters. The van der Waals surface area contributed by atoms with Crippen molar-refractivity contribution in [1.29, 1.82) is 5.26 Å². The molecule has 0 spiro atoms. The number of hydrogen-bond acceptors (Lipinski definition) is 3. The van der Waals surface area contributed by atoms with Gasteiger partial charge in [-0.25, -0.2) is 0 Å². The summed E-state index contributed by atoms with van der Waals surface area (Å²) >= 11 is 0. The number of piperidine rings is 1. The quantitative estimate of drug-likeness (QED) is 0.894. The van der Waals surface area contributed by atoms with E-state index in [4.69, 9.17) is 0 Å². The van der Waals surface area contributed by atoms with Crippen molar-refractivity contribution in [2.75, 3.05) is 6.54 Å². The first-order valence-corrected chi connectivity index (χ1v) is 7.99. The summed E-state index contributed by atoms with van der Waals surface area (Å²) in [6.45, 7) is 0.675. The van der Waals surface area contributed by atoms with Crippen molar-refractivity contribution in [3.8, 4) is 17.2 Å². The predicted octanol–water partition coefficient (Wildman–Crippen LogP) is 2.72. The number of hydrogen-bond donors (Lipinski definition) is 2. The molecule has 4 nitrogen and oxygen atoms in total. The summed E-state index contributed by atoms with van der Waals surface area (Å²) in [4.78, 5) is 12.2. The highest BCUT2D eigenvalue weighted by atomic mass is 16.3. The third kappa shape index (κ3) is 2.22. The average Bonchev–Trinajstić information content (AvgIpc) is 3.01. The van der Waals surface area contributed by atoms with E-state index in [1.54, 1.807) is 0 Å². The maximum absolute atomic E-state index is 12.2. The second-order valence-electron chi connectivity index (χ2n) is 6.19. The van der Waals surface area contributed by atoms with Crippen LogP contribution in [0.5, 0.6) is 0 Å². The van der Waals surface area contributed by atoms with Gasteiger partial charge < -0.3 is 10.4 Å². The maximum Gasteiger partial charge on any atom is 0.247 e. The first kappa shape index (κ1) is 14.7. The minimum absolute atomic E-state index is 0.00508. The second kappa shape index (κ2) is 5.63. The smallest absolute Gasteiger partial charge is 0.247 e. The zero-order valence-corrected chi connectivity index (χ0v) is 13.0. The molecule has 118 valence electrons. The van der Waals surface area contributed by atoms with E-state index in [1.807, 2.05) is 42.5 Å². The highest BCUT2D eigenvalue weighted by Gasteiger charge is 2.34. The molecule has 0 aromatic heterocycles. The van der Waals surface area contributed by atoms with Crippen molar-refractivity contribution in [1.82, 2.24) is 5.32 Å². The summed E-state index contributed by atoms with van der Waals surface area (Å²) in [5.74, 6) is 0.0801. The van der Waals surface area contributed by atoms with E-state index in [0.29, 0.717) is 12.1 Å². The van der Waals surface area contributed by atoms with Crippen molar-refractivity contribution in [3.05, 3.63) is 64.2 Å². The van der Waals surface area contributed by atoms with Crippen LogP contribution in [0.15, 0.2) is 42.0 Å². The molecule has 1 amide bonds. The van der Waals surface area contributed by atoms with E-state index in [1.165, 1.54) is 0 Å². The lowest BCUT2D eigenvalue weighted by atomic mass is 9.84. The largest absolute Gasteiger partial charge is 0.392 e. The van der Waals surface area contributed by atoms with Gasteiger partial charge >= 0.3 is 0 Å². The van der Waals surface area contributed by atoms with Crippen LogP contribution in [0.1, 0.15) is 34.6 Å². The fraction of sp³-hybridized carbons (Fsp3) is 0.200. The van der Waals surface area contributed by atoms with Crippen LogP contribution in [0, 0.1) is 11.3 Å². The SMILES string of the molecule is N#Cc1cc2c(c(-c3ccc(CO)cc3)c1)C1CCNC(=O)C1=C2. The van der Waals surface area contributed by atoms with E-state index in [2.05, 4.69) is 11.4 Å². The van der Waals surface area contributed by atoms with E-state index in [9.17, 15) is 15.2 Å². The molecular weight excluding hydrogens is 300 g/mol. The van der Waals surface area contributed by atoms with Gasteiger partial charge in [0.1, 0.15) is 0 Å². The molecule has 2 aliphatic rings. The molecule has 1 atom stereocenters. The fourth-order valence-corrected chi connectivity index (χ4v) is 3.66. The Kier molecular flexibility index (Phi) is 3.44. The van der Waals surface area contributed by atoms with Crippen molar-refractivity contribution in [2.24, 2.45) is 0 Å². The van der Waals surface area contributed by atoms with Gasteiger partial charge in [-0.2, -0.15) is 5.26 Å². The van der Waals surface area contributed by atoms with Gasteiger partial charge in [-0.1, -0.05) is 24.3 Å². The van der Waals surface area contributed by atoms with Crippen LogP contribution >= 0.6 is 0 Å². The molecule has 24 heavy (non-hydrogen) atoms. The van der Waals surface area contributed by atoms with Crippen LogP contribution in [0.25, 0.3) is 17.2 Å². The van der Waals surface area contributed by atoms with E-state index in [-0.39, 0.29) is 18.4 Å². The number of aliphatic hydroxyl groups excluding tert-OH is 1. The van der Waals surface area contributed by atoms with Gasteiger partial charge in [0.05, 0.1) is 18.2 Å². The van der Waals surface area contributed by atoms with Crippen molar-refractivity contribution in [3.63, 3.8) is 0 Å². The van der Waals surface area contributed by atoms with Crippen LogP contribution in [-0.4, -0.2) is 17.6 Å². The monoisotopic (exact) mass is 316 g/mol. The zero-order chi connectivity index (χ0) is 16.7. The Hall–Kier alpha value is -2.90. The minimum atomic E-state index is -0.0115. The van der Waals surface area contributed by atoms with Crippen molar-refractivity contribution >= 4 is 12.0 Å². The highest BCUT2D eigenvalue weighted by Crippen LogP contribution is 2.45. The molecule has 4 rings (SSSR count). The summed E-state index contributed by atoms with van der Waals surface area (Å²) in [6, 6.07) is 13.7. The van der Waals surface area contributed by atoms with Crippen LogP contribution in [0.3, 0.4) is 0 Å². The van der Waals surface area contributed by atoms with Gasteiger partial charge in [0, 0.05) is 18.0 Å². The van der Waals surface area contributed by atoms with Gasteiger partial charge in [0.2, 0.25) is 5.91 Å². The number of amides is 1. The number of fused-ring (bicyclic) bond motifs is 3. The fourth-order valence-electron chi connectivity index (χ4n) is 3.66. The van der Waals surface area contributed by atoms with E-state index in [0.717, 1.165) is 39.8 Å². The number of rotatable bonds is 2. The number of nitrogens with zero attached hydrogens (tertiary/aromatic N) is 1. The lowest BCUT2D eigenvalue weighted by Crippen LogP contribution is -2.33. The van der Waals surface area contributed by atoms with Crippen LogP contribution in [-0.2, 0) is 11.4 Å². The van der Waals surface area contributed by atoms with E-state index >= 15 is 0 Å². The Balaban J connectivity index is 1.89. The standard InChI is InChI=1S/C20H16N2O2/c21-10-13-7-15-9-18-16(5-6-22-20(18)24)19(15)17(8-13)14-3-1-12(11-23)2-4-14/h1-4,7-9,16,23H,5-6,11H2,(H,22,24). The Labute approximate surface area is 140 Å². The summed E-state index contributed by atoms with van der Waals surface area (Å²) in [7, 11) is 0. The number of carbonyl (C=O) groups is 1. The minimum Gasteiger partial charge on any atom is -0.392 e. The first-order chi connectivity index (χ1) is 11.7. The number of aliphatic hydroxyl groups is 1. The average molecular weight is 316 g/mol. The predicted molar refractivity (Wildman–Crippen MR) is 90.9 cm³/mol. The Morgan fingerprint density at radius 2 is 2.04 bits per heavy atom. The summed E-state index contributed by atoms with van der Waals surface area (Å²) in [6.07, 6.45) is 2.79. The number of benzene rings is 2. The highest BCUT2D eigenvalue weighted by molar-refractivity contribution is 6.03.